The van der Waals surface area contributed by atoms with E-state index < -0.39 is 23.1 Å². The summed E-state index contributed by atoms with van der Waals surface area (Å²) in [5.74, 6) is -1.58. The topological polar surface area (TPSA) is 59.2 Å². The Morgan fingerprint density at radius 3 is 2.62 bits per heavy atom. The van der Waals surface area contributed by atoms with E-state index in [4.69, 9.17) is 4.52 Å². The molecule has 1 fully saturated rings. The average molecular weight is 347 g/mol. The first-order valence-corrected chi connectivity index (χ1v) is 8.12. The zero-order valence-corrected chi connectivity index (χ0v) is 13.1. The van der Waals surface area contributed by atoms with Crippen LogP contribution in [0.3, 0.4) is 0 Å². The lowest BCUT2D eigenvalue weighted by atomic mass is 9.98. The van der Waals surface area contributed by atoms with Crippen molar-refractivity contribution >= 4 is 17.2 Å². The van der Waals surface area contributed by atoms with E-state index >= 15 is 0 Å². The molecule has 0 bridgehead atoms. The fourth-order valence-electron chi connectivity index (χ4n) is 2.57. The summed E-state index contributed by atoms with van der Waals surface area (Å²) < 4.78 is 32.6. The summed E-state index contributed by atoms with van der Waals surface area (Å²) in [5, 5.41) is 5.83. The van der Waals surface area contributed by atoms with Gasteiger partial charge in [0.2, 0.25) is 11.7 Å². The molecule has 24 heavy (non-hydrogen) atoms. The van der Waals surface area contributed by atoms with Crippen molar-refractivity contribution in [2.75, 3.05) is 13.1 Å². The van der Waals surface area contributed by atoms with Gasteiger partial charge in [0.15, 0.2) is 0 Å². The second-order valence-electron chi connectivity index (χ2n) is 5.44. The van der Waals surface area contributed by atoms with Gasteiger partial charge in [-0.15, -0.1) is 11.3 Å². The van der Waals surface area contributed by atoms with Crippen LogP contribution in [-0.2, 0) is 0 Å². The molecule has 2 aromatic heterocycles. The smallest absolute Gasteiger partial charge is 0.259 e. The minimum Gasteiger partial charge on any atom is -0.339 e. The first kappa shape index (κ1) is 14.9. The van der Waals surface area contributed by atoms with Gasteiger partial charge in [0.05, 0.1) is 10.8 Å². The molecule has 1 saturated heterocycles. The maximum Gasteiger partial charge on any atom is 0.259 e. The quantitative estimate of drug-likeness (QED) is 0.729. The van der Waals surface area contributed by atoms with Crippen molar-refractivity contribution < 1.29 is 18.1 Å². The third-order valence-corrected chi connectivity index (χ3v) is 4.74. The number of carbonyl (C=O) groups excluding carboxylic acids is 1. The Bertz CT molecular complexity index is 868. The van der Waals surface area contributed by atoms with Crippen LogP contribution in [0.25, 0.3) is 10.7 Å². The van der Waals surface area contributed by atoms with Crippen LogP contribution in [0.1, 0.15) is 22.2 Å². The standard InChI is InChI=1S/C16H11F2N3O2S/c17-10-3-1-4-11(18)13(10)16(22)21-7-9(8-21)15-19-14(20-23-15)12-5-2-6-24-12/h1-6,9H,7-8H2. The molecular weight excluding hydrogens is 336 g/mol. The zero-order valence-electron chi connectivity index (χ0n) is 12.3. The summed E-state index contributed by atoms with van der Waals surface area (Å²) in [6, 6.07) is 7.14. The minimum atomic E-state index is -0.860. The lowest BCUT2D eigenvalue weighted by Crippen LogP contribution is -2.49. The van der Waals surface area contributed by atoms with Crippen molar-refractivity contribution in [2.45, 2.75) is 5.92 Å². The van der Waals surface area contributed by atoms with Crippen LogP contribution in [0, 0.1) is 11.6 Å². The second-order valence-corrected chi connectivity index (χ2v) is 6.38. The number of hydrogen-bond acceptors (Lipinski definition) is 5. The molecule has 0 saturated carbocycles. The van der Waals surface area contributed by atoms with Crippen molar-refractivity contribution in [3.05, 3.63) is 58.8 Å². The van der Waals surface area contributed by atoms with Crippen LogP contribution in [0.2, 0.25) is 0 Å². The SMILES string of the molecule is O=C(c1c(F)cccc1F)N1CC(c2nc(-c3cccs3)no2)C1. The molecule has 122 valence electrons. The van der Waals surface area contributed by atoms with Gasteiger partial charge in [0, 0.05) is 13.1 Å². The maximum absolute atomic E-state index is 13.7. The Morgan fingerprint density at radius 1 is 1.21 bits per heavy atom. The molecule has 0 aliphatic carbocycles. The third kappa shape index (κ3) is 2.48. The van der Waals surface area contributed by atoms with E-state index in [0.29, 0.717) is 24.8 Å². The highest BCUT2D eigenvalue weighted by atomic mass is 32.1. The van der Waals surface area contributed by atoms with E-state index in [0.717, 1.165) is 17.0 Å². The van der Waals surface area contributed by atoms with Gasteiger partial charge < -0.3 is 9.42 Å². The molecule has 1 amide bonds. The number of halogens is 2. The molecule has 3 heterocycles. The number of thiophene rings is 1. The summed E-state index contributed by atoms with van der Waals surface area (Å²) >= 11 is 1.50. The summed E-state index contributed by atoms with van der Waals surface area (Å²) in [4.78, 5) is 18.8. The van der Waals surface area contributed by atoms with E-state index in [9.17, 15) is 13.6 Å². The molecule has 3 aromatic rings. The van der Waals surface area contributed by atoms with Gasteiger partial charge >= 0.3 is 0 Å². The third-order valence-electron chi connectivity index (χ3n) is 3.88. The summed E-state index contributed by atoms with van der Waals surface area (Å²) in [5.41, 5.74) is -0.527. The van der Waals surface area contributed by atoms with E-state index in [1.165, 1.54) is 22.3 Å². The van der Waals surface area contributed by atoms with Crippen LogP contribution in [-0.4, -0.2) is 34.0 Å². The number of hydrogen-bond donors (Lipinski definition) is 0. The monoisotopic (exact) mass is 347 g/mol. The molecule has 8 heteroatoms. The van der Waals surface area contributed by atoms with Gasteiger partial charge in [0.25, 0.3) is 5.91 Å². The van der Waals surface area contributed by atoms with E-state index in [-0.39, 0.29) is 5.92 Å². The van der Waals surface area contributed by atoms with Crippen molar-refractivity contribution in [1.82, 2.24) is 15.0 Å². The van der Waals surface area contributed by atoms with Crippen LogP contribution < -0.4 is 0 Å². The predicted octanol–water partition coefficient (Wildman–Crippen LogP) is 3.32. The summed E-state index contributed by atoms with van der Waals surface area (Å²) in [7, 11) is 0. The normalized spacial score (nSPS) is 14.7. The lowest BCUT2D eigenvalue weighted by Gasteiger charge is -2.37. The molecule has 0 atom stereocenters. The maximum atomic E-state index is 13.7. The van der Waals surface area contributed by atoms with Crippen molar-refractivity contribution in [2.24, 2.45) is 0 Å². The molecule has 1 aliphatic rings. The Hall–Kier alpha value is -2.61. The highest BCUT2D eigenvalue weighted by Crippen LogP contribution is 2.30. The molecule has 0 unspecified atom stereocenters. The lowest BCUT2D eigenvalue weighted by molar-refractivity contribution is 0.0559. The highest BCUT2D eigenvalue weighted by Gasteiger charge is 2.37. The number of aromatic nitrogens is 2. The largest absolute Gasteiger partial charge is 0.339 e. The minimum absolute atomic E-state index is 0.120. The Labute approximate surface area is 139 Å². The van der Waals surface area contributed by atoms with Gasteiger partial charge in [-0.2, -0.15) is 4.98 Å². The fraction of sp³-hybridized carbons (Fsp3) is 0.188. The van der Waals surface area contributed by atoms with E-state index in [1.807, 2.05) is 17.5 Å². The average Bonchev–Trinajstić information content (AvgIpc) is 3.16. The number of amides is 1. The Balaban J connectivity index is 1.46. The van der Waals surface area contributed by atoms with Crippen molar-refractivity contribution in [3.8, 4) is 10.7 Å². The molecule has 4 rings (SSSR count). The molecule has 0 N–H and O–H groups in total. The first-order valence-electron chi connectivity index (χ1n) is 7.24. The number of rotatable bonds is 3. The van der Waals surface area contributed by atoms with Gasteiger partial charge in [-0.3, -0.25) is 4.79 Å². The number of carbonyl (C=O) groups is 1. The predicted molar refractivity (Wildman–Crippen MR) is 82.6 cm³/mol. The van der Waals surface area contributed by atoms with Crippen molar-refractivity contribution in [3.63, 3.8) is 0 Å². The molecule has 5 nitrogen and oxygen atoms in total. The van der Waals surface area contributed by atoms with Gasteiger partial charge in [0.1, 0.15) is 17.2 Å². The fourth-order valence-corrected chi connectivity index (χ4v) is 3.22. The molecule has 0 radical (unpaired) electrons. The van der Waals surface area contributed by atoms with Crippen LogP contribution in [0.15, 0.2) is 40.2 Å². The number of nitrogens with zero attached hydrogens (tertiary/aromatic N) is 3. The highest BCUT2D eigenvalue weighted by molar-refractivity contribution is 7.13. The van der Waals surface area contributed by atoms with Crippen LogP contribution in [0.4, 0.5) is 8.78 Å². The Kier molecular flexibility index (Phi) is 3.61. The second kappa shape index (κ2) is 5.79. The van der Waals surface area contributed by atoms with Crippen molar-refractivity contribution in [1.29, 1.82) is 0 Å². The molecule has 1 aliphatic heterocycles. The van der Waals surface area contributed by atoms with Gasteiger partial charge in [-0.1, -0.05) is 17.3 Å². The zero-order chi connectivity index (χ0) is 16.7. The first-order chi connectivity index (χ1) is 11.6. The van der Waals surface area contributed by atoms with Crippen LogP contribution >= 0.6 is 11.3 Å². The summed E-state index contributed by atoms with van der Waals surface area (Å²) in [6.45, 7) is 0.581. The number of benzene rings is 1. The Morgan fingerprint density at radius 2 is 1.96 bits per heavy atom. The number of likely N-dealkylation sites (tertiary alicyclic amines) is 1. The van der Waals surface area contributed by atoms with Crippen LogP contribution in [0.5, 0.6) is 0 Å². The van der Waals surface area contributed by atoms with Gasteiger partial charge in [-0.25, -0.2) is 8.78 Å². The molecule has 1 aromatic carbocycles. The van der Waals surface area contributed by atoms with E-state index in [1.54, 1.807) is 0 Å². The van der Waals surface area contributed by atoms with E-state index in [2.05, 4.69) is 10.1 Å². The van der Waals surface area contributed by atoms with Gasteiger partial charge in [-0.05, 0) is 23.6 Å². The summed E-state index contributed by atoms with van der Waals surface area (Å²) in [6.07, 6.45) is 0. The molecular formula is C16H11F2N3O2S. The molecule has 0 spiro atoms.